The second-order valence-corrected chi connectivity index (χ2v) is 6.58. The second-order valence-electron chi connectivity index (χ2n) is 5.35. The molecule has 0 aromatic heterocycles. The van der Waals surface area contributed by atoms with E-state index in [4.69, 9.17) is 0 Å². The quantitative estimate of drug-likeness (QED) is 0.901. The van der Waals surface area contributed by atoms with Crippen molar-refractivity contribution in [3.05, 3.63) is 34.9 Å². The molecule has 2 aliphatic heterocycles. The molecule has 1 amide bonds. The summed E-state index contributed by atoms with van der Waals surface area (Å²) in [6.45, 7) is 2.64. The van der Waals surface area contributed by atoms with Crippen molar-refractivity contribution in [3.8, 4) is 0 Å². The van der Waals surface area contributed by atoms with Crippen molar-refractivity contribution in [2.24, 2.45) is 5.92 Å². The Bertz CT molecular complexity index is 475. The minimum absolute atomic E-state index is 0. The summed E-state index contributed by atoms with van der Waals surface area (Å²) in [6.07, 6.45) is 2.47. The number of fused-ring (bicyclic) bond motifs is 1. The highest BCUT2D eigenvalue weighted by molar-refractivity contribution is 7.99. The molecule has 20 heavy (non-hydrogen) atoms. The lowest BCUT2D eigenvalue weighted by molar-refractivity contribution is 0.0946. The first-order valence-corrected chi connectivity index (χ1v) is 8.17. The van der Waals surface area contributed by atoms with Gasteiger partial charge in [-0.25, -0.2) is 0 Å². The van der Waals surface area contributed by atoms with Crippen LogP contribution >= 0.6 is 24.2 Å². The molecule has 0 aliphatic carbocycles. The van der Waals surface area contributed by atoms with E-state index in [9.17, 15) is 4.79 Å². The van der Waals surface area contributed by atoms with Gasteiger partial charge in [0, 0.05) is 25.2 Å². The molecule has 0 atom stereocenters. The average Bonchev–Trinajstić information content (AvgIpc) is 2.93. The zero-order chi connectivity index (χ0) is 13.1. The zero-order valence-corrected chi connectivity index (χ0v) is 13.1. The van der Waals surface area contributed by atoms with E-state index < -0.39 is 0 Å². The van der Waals surface area contributed by atoms with Gasteiger partial charge in [-0.1, -0.05) is 6.07 Å². The van der Waals surface area contributed by atoms with E-state index >= 15 is 0 Å². The number of hydrogen-bond donors (Lipinski definition) is 2. The number of benzene rings is 1. The molecule has 0 radical (unpaired) electrons. The molecule has 0 unspecified atom stereocenters. The molecule has 2 N–H and O–H groups in total. The summed E-state index contributed by atoms with van der Waals surface area (Å²) in [5, 5.41) is 6.39. The maximum atomic E-state index is 12.2. The fourth-order valence-corrected chi connectivity index (χ4v) is 3.93. The van der Waals surface area contributed by atoms with Gasteiger partial charge in [-0.05, 0) is 53.5 Å². The second kappa shape index (κ2) is 7.34. The summed E-state index contributed by atoms with van der Waals surface area (Å²) >= 11 is 2.02. The van der Waals surface area contributed by atoms with E-state index in [1.807, 2.05) is 23.9 Å². The maximum Gasteiger partial charge on any atom is 0.251 e. The Morgan fingerprint density at radius 1 is 1.25 bits per heavy atom. The van der Waals surface area contributed by atoms with Crippen LogP contribution in [0.1, 0.15) is 34.3 Å². The third kappa shape index (κ3) is 3.68. The summed E-state index contributed by atoms with van der Waals surface area (Å²) in [4.78, 5) is 12.2. The van der Waals surface area contributed by atoms with E-state index in [2.05, 4.69) is 16.7 Å². The normalized spacial score (nSPS) is 18.2. The van der Waals surface area contributed by atoms with Crippen LogP contribution in [-0.2, 0) is 13.1 Å². The largest absolute Gasteiger partial charge is 0.352 e. The van der Waals surface area contributed by atoms with E-state index in [0.717, 1.165) is 25.2 Å². The Labute approximate surface area is 130 Å². The number of thioether (sulfide) groups is 1. The Balaban J connectivity index is 0.00000147. The summed E-state index contributed by atoms with van der Waals surface area (Å²) < 4.78 is 0. The molecule has 3 nitrogen and oxygen atoms in total. The minimum atomic E-state index is 0. The third-order valence-electron chi connectivity index (χ3n) is 3.99. The maximum absolute atomic E-state index is 12.2. The number of rotatable bonds is 3. The van der Waals surface area contributed by atoms with Crippen LogP contribution in [-0.4, -0.2) is 24.0 Å². The van der Waals surface area contributed by atoms with Crippen molar-refractivity contribution < 1.29 is 4.79 Å². The van der Waals surface area contributed by atoms with Crippen LogP contribution in [0.15, 0.2) is 18.2 Å². The highest BCUT2D eigenvalue weighted by atomic mass is 35.5. The summed E-state index contributed by atoms with van der Waals surface area (Å²) in [7, 11) is 0. The molecule has 1 fully saturated rings. The topological polar surface area (TPSA) is 41.1 Å². The highest BCUT2D eigenvalue weighted by Gasteiger charge is 2.16. The minimum Gasteiger partial charge on any atom is -0.352 e. The Morgan fingerprint density at radius 2 is 2.00 bits per heavy atom. The van der Waals surface area contributed by atoms with E-state index in [0.29, 0.717) is 5.92 Å². The Hall–Kier alpha value is -0.710. The fourth-order valence-electron chi connectivity index (χ4n) is 2.73. The number of nitrogens with one attached hydrogen (secondary N) is 2. The molecule has 1 aromatic carbocycles. The van der Waals surface area contributed by atoms with Crippen molar-refractivity contribution in [3.63, 3.8) is 0 Å². The number of halogens is 1. The lowest BCUT2D eigenvalue weighted by Gasteiger charge is -2.21. The monoisotopic (exact) mass is 312 g/mol. The van der Waals surface area contributed by atoms with Gasteiger partial charge in [0.25, 0.3) is 5.91 Å². The molecule has 3 rings (SSSR count). The molecular formula is C15H21ClN2OS. The van der Waals surface area contributed by atoms with Gasteiger partial charge in [-0.15, -0.1) is 12.4 Å². The number of hydrogen-bond acceptors (Lipinski definition) is 3. The van der Waals surface area contributed by atoms with Crippen LogP contribution in [0.4, 0.5) is 0 Å². The Kier molecular flexibility index (Phi) is 5.75. The van der Waals surface area contributed by atoms with Crippen LogP contribution in [0.3, 0.4) is 0 Å². The molecule has 110 valence electrons. The third-order valence-corrected chi connectivity index (χ3v) is 5.04. The van der Waals surface area contributed by atoms with E-state index in [1.54, 1.807) is 0 Å². The number of carbonyl (C=O) groups excluding carboxylic acids is 1. The van der Waals surface area contributed by atoms with Crippen LogP contribution < -0.4 is 10.6 Å². The van der Waals surface area contributed by atoms with E-state index in [1.165, 1.54) is 35.5 Å². The van der Waals surface area contributed by atoms with E-state index in [-0.39, 0.29) is 18.3 Å². The SMILES string of the molecule is Cl.O=C(NCC1CCSCC1)c1ccc2c(c1)CNC2. The molecule has 2 aliphatic rings. The molecular weight excluding hydrogens is 292 g/mol. The van der Waals surface area contributed by atoms with Crippen LogP contribution in [0.5, 0.6) is 0 Å². The lowest BCUT2D eigenvalue weighted by atomic mass is 10.0. The van der Waals surface area contributed by atoms with Gasteiger partial charge in [-0.2, -0.15) is 11.8 Å². The molecule has 1 saturated heterocycles. The molecule has 0 spiro atoms. The van der Waals surface area contributed by atoms with Crippen molar-refractivity contribution in [1.29, 1.82) is 0 Å². The van der Waals surface area contributed by atoms with Crippen molar-refractivity contribution in [2.45, 2.75) is 25.9 Å². The first kappa shape index (κ1) is 15.7. The smallest absolute Gasteiger partial charge is 0.251 e. The van der Waals surface area contributed by atoms with Gasteiger partial charge in [0.05, 0.1) is 0 Å². The average molecular weight is 313 g/mol. The van der Waals surface area contributed by atoms with Crippen LogP contribution in [0.25, 0.3) is 0 Å². The Morgan fingerprint density at radius 3 is 2.80 bits per heavy atom. The summed E-state index contributed by atoms with van der Waals surface area (Å²) in [5.74, 6) is 3.23. The predicted octanol–water partition coefficient (Wildman–Crippen LogP) is 2.58. The highest BCUT2D eigenvalue weighted by Crippen LogP contribution is 2.22. The standard InChI is InChI=1S/C15H20N2OS.ClH/c18-15(17-8-11-3-5-19-6-4-11)12-1-2-13-9-16-10-14(13)7-12;/h1-2,7,11,16H,3-6,8-10H2,(H,17,18);1H. The fraction of sp³-hybridized carbons (Fsp3) is 0.533. The predicted molar refractivity (Wildman–Crippen MR) is 86.6 cm³/mol. The van der Waals surface area contributed by atoms with Crippen molar-refractivity contribution in [1.82, 2.24) is 10.6 Å². The first-order valence-electron chi connectivity index (χ1n) is 7.01. The van der Waals surface area contributed by atoms with Gasteiger partial charge >= 0.3 is 0 Å². The van der Waals surface area contributed by atoms with Crippen LogP contribution in [0, 0.1) is 5.92 Å². The van der Waals surface area contributed by atoms with Crippen LogP contribution in [0.2, 0.25) is 0 Å². The molecule has 2 heterocycles. The van der Waals surface area contributed by atoms with Gasteiger partial charge in [-0.3, -0.25) is 4.79 Å². The number of amides is 1. The number of carbonyl (C=O) groups is 1. The molecule has 5 heteroatoms. The molecule has 1 aromatic rings. The molecule has 0 bridgehead atoms. The summed E-state index contributed by atoms with van der Waals surface area (Å²) in [5.41, 5.74) is 3.38. The van der Waals surface area contributed by atoms with Crippen molar-refractivity contribution in [2.75, 3.05) is 18.1 Å². The van der Waals surface area contributed by atoms with Crippen molar-refractivity contribution >= 4 is 30.1 Å². The van der Waals surface area contributed by atoms with Gasteiger partial charge in [0.15, 0.2) is 0 Å². The van der Waals surface area contributed by atoms with Gasteiger partial charge < -0.3 is 10.6 Å². The van der Waals surface area contributed by atoms with Gasteiger partial charge in [0.1, 0.15) is 0 Å². The lowest BCUT2D eigenvalue weighted by Crippen LogP contribution is -2.31. The summed E-state index contributed by atoms with van der Waals surface area (Å²) in [6, 6.07) is 6.04. The first-order chi connectivity index (χ1) is 9.33. The zero-order valence-electron chi connectivity index (χ0n) is 11.5. The molecule has 0 saturated carbocycles. The van der Waals surface area contributed by atoms with Gasteiger partial charge in [0.2, 0.25) is 0 Å².